The van der Waals surface area contributed by atoms with Gasteiger partial charge in [-0.1, -0.05) is 19.1 Å². The fourth-order valence-corrected chi connectivity index (χ4v) is 3.53. The molecule has 0 aliphatic carbocycles. The van der Waals surface area contributed by atoms with E-state index in [2.05, 4.69) is 9.97 Å². The van der Waals surface area contributed by atoms with Crippen LogP contribution in [-0.2, 0) is 11.4 Å². The Morgan fingerprint density at radius 2 is 2.17 bits per heavy atom. The number of carbonyl (C=O) groups excluding carboxylic acids is 2. The fraction of sp³-hybridized carbons (Fsp3) is 0.333. The van der Waals surface area contributed by atoms with Gasteiger partial charge in [0.15, 0.2) is 12.3 Å². The molecule has 29 heavy (non-hydrogen) atoms. The molecule has 1 aromatic carbocycles. The number of oxazole rings is 1. The van der Waals surface area contributed by atoms with Crippen LogP contribution in [0, 0.1) is 0 Å². The number of ether oxygens (including phenoxy) is 1. The van der Waals surface area contributed by atoms with Crippen LogP contribution in [-0.4, -0.2) is 57.8 Å². The van der Waals surface area contributed by atoms with E-state index < -0.39 is 6.04 Å². The predicted molar refractivity (Wildman–Crippen MR) is 105 cm³/mol. The molecule has 2 aromatic heterocycles. The molecule has 0 unspecified atom stereocenters. The third-order valence-electron chi connectivity index (χ3n) is 5.12. The molecule has 8 nitrogen and oxygen atoms in total. The molecule has 1 aliphatic heterocycles. The van der Waals surface area contributed by atoms with E-state index in [0.717, 1.165) is 10.8 Å². The van der Waals surface area contributed by atoms with Crippen LogP contribution in [0.2, 0.25) is 0 Å². The quantitative estimate of drug-likeness (QED) is 0.661. The standard InChI is InChI=1S/C21H22N4O4/c1-3-17-21(27)24(2)9-10-25(17)20(26)16-12-29-19(23-16)13-28-18-6-4-5-14-11-22-8-7-15(14)18/h4-8,11-12,17H,3,9-10,13H2,1-2H3/t17-/m1/s1. The number of piperazine rings is 1. The summed E-state index contributed by atoms with van der Waals surface area (Å²) in [5.74, 6) is 0.633. The minimum Gasteiger partial charge on any atom is -0.483 e. The zero-order chi connectivity index (χ0) is 20.4. The van der Waals surface area contributed by atoms with E-state index in [0.29, 0.717) is 31.2 Å². The largest absolute Gasteiger partial charge is 0.483 e. The van der Waals surface area contributed by atoms with Gasteiger partial charge in [-0.15, -0.1) is 0 Å². The summed E-state index contributed by atoms with van der Waals surface area (Å²) < 4.78 is 11.3. The third-order valence-corrected chi connectivity index (χ3v) is 5.12. The van der Waals surface area contributed by atoms with Gasteiger partial charge < -0.3 is 19.0 Å². The highest BCUT2D eigenvalue weighted by molar-refractivity contribution is 5.96. The molecule has 4 rings (SSSR count). The number of benzene rings is 1. The maximum Gasteiger partial charge on any atom is 0.276 e. The van der Waals surface area contributed by atoms with E-state index in [1.807, 2.05) is 31.2 Å². The summed E-state index contributed by atoms with van der Waals surface area (Å²) in [5.41, 5.74) is 0.182. The number of hydrogen-bond donors (Lipinski definition) is 0. The molecule has 3 aromatic rings. The molecule has 0 saturated carbocycles. The molecule has 1 fully saturated rings. The smallest absolute Gasteiger partial charge is 0.276 e. The monoisotopic (exact) mass is 394 g/mol. The summed E-state index contributed by atoms with van der Waals surface area (Å²) in [6.45, 7) is 2.96. The zero-order valence-corrected chi connectivity index (χ0v) is 16.4. The van der Waals surface area contributed by atoms with E-state index in [1.54, 1.807) is 29.2 Å². The van der Waals surface area contributed by atoms with Crippen molar-refractivity contribution < 1.29 is 18.7 Å². The lowest BCUT2D eigenvalue weighted by Crippen LogP contribution is -2.57. The Kier molecular flexibility index (Phi) is 5.16. The number of rotatable bonds is 5. The second-order valence-corrected chi connectivity index (χ2v) is 6.95. The van der Waals surface area contributed by atoms with Crippen LogP contribution in [0.4, 0.5) is 0 Å². The van der Waals surface area contributed by atoms with Gasteiger partial charge in [0.2, 0.25) is 11.8 Å². The molecule has 150 valence electrons. The van der Waals surface area contributed by atoms with Gasteiger partial charge in [0, 0.05) is 43.3 Å². The van der Waals surface area contributed by atoms with Gasteiger partial charge >= 0.3 is 0 Å². The minimum absolute atomic E-state index is 0.0513. The number of pyridine rings is 1. The first-order chi connectivity index (χ1) is 14.1. The van der Waals surface area contributed by atoms with Crippen molar-refractivity contribution >= 4 is 22.6 Å². The van der Waals surface area contributed by atoms with Crippen molar-refractivity contribution in [3.05, 3.63) is 54.5 Å². The number of carbonyl (C=O) groups is 2. The highest BCUT2D eigenvalue weighted by atomic mass is 16.5. The van der Waals surface area contributed by atoms with Crippen LogP contribution < -0.4 is 4.74 Å². The highest BCUT2D eigenvalue weighted by Gasteiger charge is 2.36. The van der Waals surface area contributed by atoms with Crippen LogP contribution in [0.1, 0.15) is 29.7 Å². The average Bonchev–Trinajstić information content (AvgIpc) is 3.22. The number of nitrogens with zero attached hydrogens (tertiary/aromatic N) is 4. The van der Waals surface area contributed by atoms with Crippen LogP contribution in [0.3, 0.4) is 0 Å². The van der Waals surface area contributed by atoms with Crippen molar-refractivity contribution in [2.75, 3.05) is 20.1 Å². The summed E-state index contributed by atoms with van der Waals surface area (Å²) in [6, 6.07) is 7.11. The van der Waals surface area contributed by atoms with E-state index in [-0.39, 0.29) is 24.1 Å². The first-order valence-electron chi connectivity index (χ1n) is 9.54. The molecule has 0 N–H and O–H groups in total. The van der Waals surface area contributed by atoms with Gasteiger partial charge in [-0.3, -0.25) is 14.6 Å². The molecular formula is C21H22N4O4. The lowest BCUT2D eigenvalue weighted by Gasteiger charge is -2.38. The normalized spacial score (nSPS) is 17.0. The fourth-order valence-electron chi connectivity index (χ4n) is 3.53. The highest BCUT2D eigenvalue weighted by Crippen LogP contribution is 2.25. The summed E-state index contributed by atoms with van der Waals surface area (Å²) in [7, 11) is 1.75. The number of hydrogen-bond acceptors (Lipinski definition) is 6. The van der Waals surface area contributed by atoms with Crippen molar-refractivity contribution in [2.45, 2.75) is 26.0 Å². The van der Waals surface area contributed by atoms with E-state index in [9.17, 15) is 9.59 Å². The average molecular weight is 394 g/mol. The molecule has 0 spiro atoms. The van der Waals surface area contributed by atoms with Crippen LogP contribution in [0.25, 0.3) is 10.8 Å². The molecule has 0 bridgehead atoms. The summed E-state index contributed by atoms with van der Waals surface area (Å²) >= 11 is 0. The number of likely N-dealkylation sites (N-methyl/N-ethyl adjacent to an activating group) is 1. The summed E-state index contributed by atoms with van der Waals surface area (Å²) in [5, 5.41) is 1.91. The predicted octanol–water partition coefficient (Wildman–Crippen LogP) is 2.49. The Morgan fingerprint density at radius 3 is 3.00 bits per heavy atom. The molecular weight excluding hydrogens is 372 g/mol. The van der Waals surface area contributed by atoms with Gasteiger partial charge in [-0.25, -0.2) is 4.98 Å². The Labute approximate surface area is 168 Å². The van der Waals surface area contributed by atoms with Crippen molar-refractivity contribution in [2.24, 2.45) is 0 Å². The molecule has 1 saturated heterocycles. The lowest BCUT2D eigenvalue weighted by molar-refractivity contribution is -0.138. The molecule has 1 atom stereocenters. The molecule has 8 heteroatoms. The van der Waals surface area contributed by atoms with Crippen LogP contribution >= 0.6 is 0 Å². The topological polar surface area (TPSA) is 88.8 Å². The SMILES string of the molecule is CC[C@@H]1C(=O)N(C)CCN1C(=O)c1coc(COc2cccc3cnccc23)n1. The lowest BCUT2D eigenvalue weighted by atomic mass is 10.1. The maximum absolute atomic E-state index is 12.9. The van der Waals surface area contributed by atoms with Gasteiger partial charge in [0.1, 0.15) is 18.1 Å². The third kappa shape index (κ3) is 3.65. The van der Waals surface area contributed by atoms with Crippen molar-refractivity contribution in [3.8, 4) is 5.75 Å². The summed E-state index contributed by atoms with van der Waals surface area (Å²) in [4.78, 5) is 36.8. The van der Waals surface area contributed by atoms with Crippen molar-refractivity contribution in [3.63, 3.8) is 0 Å². The molecule has 2 amide bonds. The van der Waals surface area contributed by atoms with E-state index >= 15 is 0 Å². The Balaban J connectivity index is 1.47. The molecule has 1 aliphatic rings. The zero-order valence-electron chi connectivity index (χ0n) is 16.4. The number of amides is 2. The molecule has 0 radical (unpaired) electrons. The Morgan fingerprint density at radius 1 is 1.31 bits per heavy atom. The number of fused-ring (bicyclic) bond motifs is 1. The molecule has 3 heterocycles. The first-order valence-corrected chi connectivity index (χ1v) is 9.54. The number of aromatic nitrogens is 2. The minimum atomic E-state index is -0.470. The second kappa shape index (κ2) is 7.90. The van der Waals surface area contributed by atoms with Gasteiger partial charge in [0.05, 0.1) is 0 Å². The summed E-state index contributed by atoms with van der Waals surface area (Å²) in [6.07, 6.45) is 5.35. The first kappa shape index (κ1) is 18.9. The van der Waals surface area contributed by atoms with E-state index in [4.69, 9.17) is 9.15 Å². The Bertz CT molecular complexity index is 1040. The van der Waals surface area contributed by atoms with Crippen molar-refractivity contribution in [1.82, 2.24) is 19.8 Å². The van der Waals surface area contributed by atoms with Crippen LogP contribution in [0.15, 0.2) is 47.3 Å². The second-order valence-electron chi connectivity index (χ2n) is 6.95. The van der Waals surface area contributed by atoms with Gasteiger partial charge in [-0.05, 0) is 18.6 Å². The van der Waals surface area contributed by atoms with E-state index in [1.165, 1.54) is 6.26 Å². The Hall–Kier alpha value is -3.42. The van der Waals surface area contributed by atoms with Gasteiger partial charge in [0.25, 0.3) is 5.91 Å². The van der Waals surface area contributed by atoms with Gasteiger partial charge in [-0.2, -0.15) is 0 Å². The maximum atomic E-state index is 12.9. The van der Waals surface area contributed by atoms with Crippen LogP contribution in [0.5, 0.6) is 5.75 Å². The van der Waals surface area contributed by atoms with Crippen molar-refractivity contribution in [1.29, 1.82) is 0 Å².